The second-order valence-electron chi connectivity index (χ2n) is 1.84. The molecule has 3 heteroatoms. The van der Waals surface area contributed by atoms with Crippen molar-refractivity contribution in [2.24, 2.45) is 0 Å². The van der Waals surface area contributed by atoms with Gasteiger partial charge in [-0.05, 0) is 0 Å². The Morgan fingerprint density at radius 1 is 0.750 bits per heavy atom. The molecule has 0 spiro atoms. The van der Waals surface area contributed by atoms with Gasteiger partial charge in [0.25, 0.3) is 0 Å². The van der Waals surface area contributed by atoms with Crippen molar-refractivity contribution in [1.82, 2.24) is 0 Å². The summed E-state index contributed by atoms with van der Waals surface area (Å²) in [5.74, 6) is 0. The van der Waals surface area contributed by atoms with Crippen LogP contribution >= 0.6 is 29.8 Å². The predicted octanol–water partition coefficient (Wildman–Crippen LogP) is 3.92. The number of halogens is 2. The molecule has 0 nitrogen and oxygen atoms in total. The monoisotopic (exact) mass is 172 g/mol. The average Bonchev–Trinajstić information content (AvgIpc) is 2.17. The Morgan fingerprint density at radius 2 is 0.875 bits per heavy atom. The SMILES string of the molecule is C1CCCC1.ClPCl. The molecule has 0 bridgehead atoms. The van der Waals surface area contributed by atoms with Gasteiger partial charge in [0.05, 0.1) is 7.29 Å². The molecule has 1 aliphatic carbocycles. The van der Waals surface area contributed by atoms with E-state index in [1.54, 1.807) is 0 Å². The van der Waals surface area contributed by atoms with Crippen LogP contribution in [0.2, 0.25) is 0 Å². The second-order valence-corrected chi connectivity index (χ2v) is 3.70. The fourth-order valence-electron chi connectivity index (χ4n) is 0.884. The molecule has 0 aromatic rings. The van der Waals surface area contributed by atoms with Gasteiger partial charge in [-0.2, -0.15) is 0 Å². The van der Waals surface area contributed by atoms with Crippen LogP contribution in [0.5, 0.6) is 0 Å². The molecule has 0 atom stereocenters. The van der Waals surface area contributed by atoms with E-state index in [-0.39, 0.29) is 7.29 Å². The van der Waals surface area contributed by atoms with Crippen molar-refractivity contribution in [3.63, 3.8) is 0 Å². The summed E-state index contributed by atoms with van der Waals surface area (Å²) in [6.07, 6.45) is 7.50. The van der Waals surface area contributed by atoms with Crippen molar-refractivity contribution < 1.29 is 0 Å². The van der Waals surface area contributed by atoms with Gasteiger partial charge in [0.2, 0.25) is 0 Å². The normalized spacial score (nSPS) is 17.2. The van der Waals surface area contributed by atoms with E-state index < -0.39 is 0 Å². The molecule has 0 radical (unpaired) electrons. The van der Waals surface area contributed by atoms with E-state index in [1.807, 2.05) is 0 Å². The third-order valence-electron chi connectivity index (χ3n) is 1.25. The first-order valence-electron chi connectivity index (χ1n) is 2.88. The standard InChI is InChI=1S/C5H10.Cl2HP/c1-2-4-5-3-1;1-3-2/h1-5H2;3H. The van der Waals surface area contributed by atoms with Crippen LogP contribution in [-0.4, -0.2) is 0 Å². The van der Waals surface area contributed by atoms with Gasteiger partial charge in [0, 0.05) is 0 Å². The molecule has 1 fully saturated rings. The Labute approximate surface area is 62.3 Å². The zero-order valence-corrected chi connectivity index (χ0v) is 7.30. The Morgan fingerprint density at radius 3 is 1.00 bits per heavy atom. The highest BCUT2D eigenvalue weighted by molar-refractivity contribution is 7.90. The zero-order chi connectivity index (χ0) is 6.24. The van der Waals surface area contributed by atoms with Crippen LogP contribution in [0, 0.1) is 0 Å². The summed E-state index contributed by atoms with van der Waals surface area (Å²) in [5, 5.41) is 0. The first-order valence-corrected chi connectivity index (χ1v) is 5.90. The first kappa shape index (κ1) is 9.01. The minimum atomic E-state index is 0.0278. The molecule has 0 aliphatic heterocycles. The average molecular weight is 173 g/mol. The molecule has 8 heavy (non-hydrogen) atoms. The quantitative estimate of drug-likeness (QED) is 0.487. The Balaban J connectivity index is 0.000000145. The number of hydrogen-bond acceptors (Lipinski definition) is 0. The maximum Gasteiger partial charge on any atom is 0.0713 e. The lowest BCUT2D eigenvalue weighted by atomic mass is 10.4. The second kappa shape index (κ2) is 8.01. The summed E-state index contributed by atoms with van der Waals surface area (Å²) < 4.78 is 0. The molecular formula is C5H11Cl2P. The van der Waals surface area contributed by atoms with Crippen molar-refractivity contribution in [3.8, 4) is 0 Å². The van der Waals surface area contributed by atoms with Gasteiger partial charge in [-0.25, -0.2) is 0 Å². The van der Waals surface area contributed by atoms with Crippen molar-refractivity contribution in [2.75, 3.05) is 0 Å². The lowest BCUT2D eigenvalue weighted by Crippen LogP contribution is -1.47. The van der Waals surface area contributed by atoms with E-state index in [0.29, 0.717) is 0 Å². The van der Waals surface area contributed by atoms with Crippen LogP contribution in [0.25, 0.3) is 0 Å². The smallest absolute Gasteiger partial charge is 0.0713 e. The van der Waals surface area contributed by atoms with Crippen LogP contribution in [0.1, 0.15) is 32.1 Å². The molecule has 0 N–H and O–H groups in total. The number of hydrogen-bond donors (Lipinski definition) is 0. The third kappa shape index (κ3) is 7.01. The molecule has 0 aromatic heterocycles. The van der Waals surface area contributed by atoms with Crippen LogP contribution < -0.4 is 0 Å². The molecule has 0 aromatic carbocycles. The molecule has 1 rings (SSSR count). The maximum absolute atomic E-state index is 4.79. The minimum Gasteiger partial charge on any atom is -0.0818 e. The predicted molar refractivity (Wildman–Crippen MR) is 43.1 cm³/mol. The molecule has 50 valence electrons. The van der Waals surface area contributed by atoms with Crippen molar-refractivity contribution in [1.29, 1.82) is 0 Å². The fourth-order valence-corrected chi connectivity index (χ4v) is 0.884. The molecule has 1 saturated carbocycles. The topological polar surface area (TPSA) is 0 Å². The van der Waals surface area contributed by atoms with E-state index >= 15 is 0 Å². The summed E-state index contributed by atoms with van der Waals surface area (Å²) in [7, 11) is 0.0278. The van der Waals surface area contributed by atoms with Gasteiger partial charge in [-0.1, -0.05) is 54.6 Å². The summed E-state index contributed by atoms with van der Waals surface area (Å²) in [4.78, 5) is 0. The molecule has 0 saturated heterocycles. The van der Waals surface area contributed by atoms with E-state index in [2.05, 4.69) is 0 Å². The maximum atomic E-state index is 4.79. The van der Waals surface area contributed by atoms with Gasteiger partial charge in [0.15, 0.2) is 0 Å². The Bertz CT molecular complexity index is 29.8. The van der Waals surface area contributed by atoms with Gasteiger partial charge < -0.3 is 0 Å². The minimum absolute atomic E-state index is 0.0278. The fraction of sp³-hybridized carbons (Fsp3) is 1.00. The highest BCUT2D eigenvalue weighted by Crippen LogP contribution is 2.19. The van der Waals surface area contributed by atoms with Gasteiger partial charge in [-0.3, -0.25) is 0 Å². The van der Waals surface area contributed by atoms with E-state index in [4.69, 9.17) is 22.5 Å². The van der Waals surface area contributed by atoms with Gasteiger partial charge in [-0.15, -0.1) is 0 Å². The lowest BCUT2D eigenvalue weighted by Gasteiger charge is -1.67. The van der Waals surface area contributed by atoms with Gasteiger partial charge >= 0.3 is 0 Å². The van der Waals surface area contributed by atoms with Crippen molar-refractivity contribution >= 4 is 29.8 Å². The Hall–Kier alpha value is 1.01. The third-order valence-corrected chi connectivity index (χ3v) is 1.25. The molecule has 0 heterocycles. The summed E-state index contributed by atoms with van der Waals surface area (Å²) >= 11 is 9.58. The summed E-state index contributed by atoms with van der Waals surface area (Å²) in [6.45, 7) is 0. The molecule has 0 unspecified atom stereocenters. The highest BCUT2D eigenvalue weighted by Gasteiger charge is 1.95. The van der Waals surface area contributed by atoms with E-state index in [1.165, 1.54) is 32.1 Å². The van der Waals surface area contributed by atoms with E-state index in [9.17, 15) is 0 Å². The van der Waals surface area contributed by atoms with Crippen LogP contribution in [-0.2, 0) is 0 Å². The van der Waals surface area contributed by atoms with Crippen LogP contribution in [0.4, 0.5) is 0 Å². The zero-order valence-electron chi connectivity index (χ0n) is 4.79. The molecule has 0 amide bonds. The molecular weight excluding hydrogens is 162 g/mol. The highest BCUT2D eigenvalue weighted by atomic mass is 35.9. The molecule has 1 aliphatic rings. The van der Waals surface area contributed by atoms with Crippen molar-refractivity contribution in [3.05, 3.63) is 0 Å². The summed E-state index contributed by atoms with van der Waals surface area (Å²) in [5.41, 5.74) is 0. The Kier molecular flexibility index (Phi) is 9.02. The van der Waals surface area contributed by atoms with Crippen LogP contribution in [0.15, 0.2) is 0 Å². The lowest BCUT2D eigenvalue weighted by molar-refractivity contribution is 0.886. The summed E-state index contributed by atoms with van der Waals surface area (Å²) in [6, 6.07) is 0. The van der Waals surface area contributed by atoms with Crippen molar-refractivity contribution in [2.45, 2.75) is 32.1 Å². The number of rotatable bonds is 0. The van der Waals surface area contributed by atoms with Crippen LogP contribution in [0.3, 0.4) is 0 Å². The largest absolute Gasteiger partial charge is 0.0818 e. The first-order chi connectivity index (χ1) is 3.91. The van der Waals surface area contributed by atoms with Gasteiger partial charge in [0.1, 0.15) is 0 Å². The van der Waals surface area contributed by atoms with E-state index in [0.717, 1.165) is 0 Å².